The number of hydrogen-bond acceptors (Lipinski definition) is 8. The molecule has 0 rings (SSSR count). The lowest BCUT2D eigenvalue weighted by Gasteiger charge is -2.26. The van der Waals surface area contributed by atoms with E-state index < -0.39 is 24.3 Å². The van der Waals surface area contributed by atoms with Gasteiger partial charge in [0.05, 0.1) is 40.3 Å². The quantitative estimate of drug-likeness (QED) is 0.0195. The molecule has 2 atom stereocenters. The van der Waals surface area contributed by atoms with Gasteiger partial charge in [-0.2, -0.15) is 0 Å². The van der Waals surface area contributed by atoms with E-state index in [0.29, 0.717) is 17.4 Å². The Balaban J connectivity index is 3.95. The van der Waals surface area contributed by atoms with Crippen LogP contribution in [0.5, 0.6) is 0 Å². The van der Waals surface area contributed by atoms with E-state index >= 15 is 0 Å². The predicted molar refractivity (Wildman–Crippen MR) is 334 cm³/mol. The first-order valence-electron chi connectivity index (χ1n) is 32.4. The van der Waals surface area contributed by atoms with Crippen LogP contribution in [0.4, 0.5) is 0 Å². The molecule has 9 heteroatoms. The van der Waals surface area contributed by atoms with E-state index in [1.54, 1.807) is 0 Å². The number of esters is 2. The Bertz CT molecular complexity index is 1620. The van der Waals surface area contributed by atoms with Gasteiger partial charge in [0, 0.05) is 12.8 Å². The molecule has 0 aromatic heterocycles. The number of carboxylic acids is 1. The van der Waals surface area contributed by atoms with Crippen molar-refractivity contribution in [3.8, 4) is 0 Å². The Hall–Kier alpha value is -3.79. The van der Waals surface area contributed by atoms with Crippen molar-refractivity contribution in [1.82, 2.24) is 0 Å². The molecule has 9 nitrogen and oxygen atoms in total. The summed E-state index contributed by atoms with van der Waals surface area (Å²) in [5, 5.41) is 11.8. The number of allylic oxidation sites excluding steroid dienone is 16. The minimum atomic E-state index is -1.63. The number of unbranched alkanes of at least 4 members (excludes halogenated alkanes) is 28. The number of hydrogen-bond donors (Lipinski definition) is 0. The second-order valence-corrected chi connectivity index (χ2v) is 22.7. The number of quaternary nitrogens is 1. The van der Waals surface area contributed by atoms with E-state index in [4.69, 9.17) is 18.9 Å². The van der Waals surface area contributed by atoms with Crippen molar-refractivity contribution in [3.63, 3.8) is 0 Å². The zero-order valence-corrected chi connectivity index (χ0v) is 51.7. The summed E-state index contributed by atoms with van der Waals surface area (Å²) >= 11 is 0. The van der Waals surface area contributed by atoms with Gasteiger partial charge in [0.15, 0.2) is 12.4 Å². The number of carbonyl (C=O) groups is 3. The van der Waals surface area contributed by atoms with E-state index in [0.717, 1.165) is 103 Å². The molecule has 0 amide bonds. The summed E-state index contributed by atoms with van der Waals surface area (Å²) in [6, 6.07) is 0. The maximum atomic E-state index is 12.9. The number of likely N-dealkylation sites (N-methyl/N-ethyl adjacent to an activating group) is 1. The molecular formula is C70H121NO8. The molecule has 2 unspecified atom stereocenters. The first-order chi connectivity index (χ1) is 38.6. The third-order valence-electron chi connectivity index (χ3n) is 13.8. The van der Waals surface area contributed by atoms with Crippen LogP contribution in [0, 0.1) is 0 Å². The van der Waals surface area contributed by atoms with Crippen molar-refractivity contribution in [1.29, 1.82) is 0 Å². The molecule has 0 bridgehead atoms. The first-order valence-corrected chi connectivity index (χ1v) is 32.4. The fourth-order valence-corrected chi connectivity index (χ4v) is 8.87. The second kappa shape index (κ2) is 60.3. The summed E-state index contributed by atoms with van der Waals surface area (Å²) in [5.74, 6) is -2.30. The predicted octanol–water partition coefficient (Wildman–Crippen LogP) is 18.4. The van der Waals surface area contributed by atoms with Gasteiger partial charge in [-0.1, -0.05) is 265 Å². The molecule has 0 spiro atoms. The maximum Gasteiger partial charge on any atom is 0.306 e. The summed E-state index contributed by atoms with van der Waals surface area (Å²) in [4.78, 5) is 37.2. The highest BCUT2D eigenvalue weighted by Crippen LogP contribution is 2.17. The smallest absolute Gasteiger partial charge is 0.306 e. The van der Waals surface area contributed by atoms with Gasteiger partial charge in [-0.05, 0) is 89.9 Å². The molecular weight excluding hydrogens is 983 g/mol. The van der Waals surface area contributed by atoms with Crippen LogP contribution in [0.25, 0.3) is 0 Å². The second-order valence-electron chi connectivity index (χ2n) is 22.7. The molecule has 0 aliphatic carbocycles. The number of carboxylic acid groups (broad SMARTS) is 1. The first kappa shape index (κ1) is 75.2. The lowest BCUT2D eigenvalue weighted by molar-refractivity contribution is -0.870. The topological polar surface area (TPSA) is 111 Å². The van der Waals surface area contributed by atoms with Gasteiger partial charge in [-0.25, -0.2) is 0 Å². The zero-order valence-electron chi connectivity index (χ0n) is 51.7. The van der Waals surface area contributed by atoms with E-state index in [1.807, 2.05) is 21.1 Å². The fraction of sp³-hybridized carbons (Fsp3) is 0.729. The highest BCUT2D eigenvalue weighted by Gasteiger charge is 2.22. The summed E-state index contributed by atoms with van der Waals surface area (Å²) in [5.41, 5.74) is 0. The van der Waals surface area contributed by atoms with Crippen molar-refractivity contribution in [3.05, 3.63) is 97.2 Å². The Labute approximate surface area is 486 Å². The Morgan fingerprint density at radius 2 is 0.722 bits per heavy atom. The third kappa shape index (κ3) is 61.7. The highest BCUT2D eigenvalue weighted by atomic mass is 16.7. The number of ether oxygens (including phenoxy) is 4. The van der Waals surface area contributed by atoms with Crippen LogP contribution in [-0.2, 0) is 33.3 Å². The standard InChI is InChI=1S/C70H121NO8/c1-6-8-10-12-14-16-18-20-21-22-23-24-25-26-27-28-29-30-31-32-33-34-35-36-37-38-39-40-41-42-43-44-45-46-47-49-51-53-55-57-59-61-68(73)79-66(65-78-70(69(74)75)76-63-62-71(3,4)5)64-77-67(72)60-58-56-54-52-50-48-19-17-15-13-11-9-7-2/h8,10-11,13-14,16-17,19-21,23-24,26-27,29-30,66,70H,6-7,9,12,15,18,22,25,28,31-65H2,1-5H3/b10-8-,13-11-,16-14-,19-17-,21-20-,24-23-,27-26-,30-29-. The SMILES string of the molecule is CC/C=C\C/C=C\C/C=C\C/C=C\C/C=C\C/C=C\CCCCCCCCCCCCCCCCCCCCCCCCC(=O)OC(COC(=O)CCCCCCC/C=C\C/C=C\CCC)COC(OCC[N+](C)(C)C)C(=O)[O-]. The Kier molecular flexibility index (Phi) is 57.4. The Morgan fingerprint density at radius 3 is 1.08 bits per heavy atom. The third-order valence-corrected chi connectivity index (χ3v) is 13.8. The minimum Gasteiger partial charge on any atom is -0.545 e. The van der Waals surface area contributed by atoms with E-state index in [9.17, 15) is 19.5 Å². The number of rotatable bonds is 59. The average Bonchev–Trinajstić information content (AvgIpc) is 3.42. The van der Waals surface area contributed by atoms with Crippen molar-refractivity contribution < 1.29 is 42.9 Å². The molecule has 79 heavy (non-hydrogen) atoms. The molecule has 0 saturated heterocycles. The zero-order chi connectivity index (χ0) is 57.6. The van der Waals surface area contributed by atoms with Gasteiger partial charge in [-0.15, -0.1) is 0 Å². The maximum absolute atomic E-state index is 12.9. The van der Waals surface area contributed by atoms with Crippen LogP contribution < -0.4 is 5.11 Å². The van der Waals surface area contributed by atoms with E-state index in [-0.39, 0.29) is 38.6 Å². The average molecular weight is 1100 g/mol. The van der Waals surface area contributed by atoms with Crippen molar-refractivity contribution >= 4 is 17.9 Å². The molecule has 0 aliphatic rings. The Morgan fingerprint density at radius 1 is 0.392 bits per heavy atom. The molecule has 0 aliphatic heterocycles. The van der Waals surface area contributed by atoms with Crippen LogP contribution >= 0.6 is 0 Å². The molecule has 0 N–H and O–H groups in total. The van der Waals surface area contributed by atoms with Crippen LogP contribution in [0.2, 0.25) is 0 Å². The molecule has 0 aromatic rings. The number of aliphatic carboxylic acids is 1. The molecule has 0 saturated carbocycles. The van der Waals surface area contributed by atoms with Gasteiger partial charge in [0.25, 0.3) is 0 Å². The molecule has 0 radical (unpaired) electrons. The molecule has 0 heterocycles. The van der Waals surface area contributed by atoms with Crippen molar-refractivity contribution in [2.75, 3.05) is 47.5 Å². The van der Waals surface area contributed by atoms with Crippen LogP contribution in [0.1, 0.15) is 271 Å². The molecule has 454 valence electrons. The fourth-order valence-electron chi connectivity index (χ4n) is 8.87. The van der Waals surface area contributed by atoms with Gasteiger partial charge in [0.2, 0.25) is 0 Å². The molecule has 0 fully saturated rings. The van der Waals surface area contributed by atoms with Gasteiger partial charge in [0.1, 0.15) is 13.2 Å². The van der Waals surface area contributed by atoms with Gasteiger partial charge in [-0.3, -0.25) is 9.59 Å². The number of carbonyl (C=O) groups excluding carboxylic acids is 3. The summed E-state index contributed by atoms with van der Waals surface area (Å²) < 4.78 is 22.7. The monoisotopic (exact) mass is 1100 g/mol. The van der Waals surface area contributed by atoms with Crippen molar-refractivity contribution in [2.24, 2.45) is 0 Å². The normalized spacial score (nSPS) is 13.4. The van der Waals surface area contributed by atoms with Crippen LogP contribution in [-0.4, -0.2) is 82.3 Å². The summed E-state index contributed by atoms with van der Waals surface area (Å²) in [6.45, 7) is 4.56. The van der Waals surface area contributed by atoms with E-state index in [2.05, 4.69) is 111 Å². The number of nitrogens with zero attached hydrogens (tertiary/aromatic N) is 1. The summed E-state index contributed by atoms with van der Waals surface area (Å²) in [6.07, 6.45) is 79.3. The van der Waals surface area contributed by atoms with Crippen LogP contribution in [0.15, 0.2) is 97.2 Å². The lowest BCUT2D eigenvalue weighted by atomic mass is 10.0. The largest absolute Gasteiger partial charge is 0.545 e. The van der Waals surface area contributed by atoms with E-state index in [1.165, 1.54) is 135 Å². The van der Waals surface area contributed by atoms with Gasteiger partial charge >= 0.3 is 11.9 Å². The van der Waals surface area contributed by atoms with Crippen molar-refractivity contribution in [2.45, 2.75) is 283 Å². The minimum absolute atomic E-state index is 0.144. The molecule has 0 aromatic carbocycles. The van der Waals surface area contributed by atoms with Gasteiger partial charge < -0.3 is 33.3 Å². The summed E-state index contributed by atoms with van der Waals surface area (Å²) in [7, 11) is 5.92. The van der Waals surface area contributed by atoms with Crippen LogP contribution in [0.3, 0.4) is 0 Å². The highest BCUT2D eigenvalue weighted by molar-refractivity contribution is 5.70. The lowest BCUT2D eigenvalue weighted by Crippen LogP contribution is -2.44.